The minimum absolute atomic E-state index is 0.0587. The minimum atomic E-state index is -1.34. The fourth-order valence-corrected chi connectivity index (χ4v) is 3.45. The van der Waals surface area contributed by atoms with Gasteiger partial charge in [-0.3, -0.25) is 9.59 Å². The van der Waals surface area contributed by atoms with Gasteiger partial charge in [-0.25, -0.2) is 8.78 Å². The van der Waals surface area contributed by atoms with Gasteiger partial charge in [0, 0.05) is 19.5 Å². The number of hydrogen-bond acceptors (Lipinski definition) is 3. The van der Waals surface area contributed by atoms with Crippen LogP contribution < -0.4 is 5.32 Å². The Morgan fingerprint density at radius 2 is 1.79 bits per heavy atom. The number of allylic oxidation sites excluding steroid dienone is 1. The number of carbonyl (C=O) groups is 2. The fourth-order valence-electron chi connectivity index (χ4n) is 3.45. The minimum Gasteiger partial charge on any atom is -0.326 e. The van der Waals surface area contributed by atoms with Crippen molar-refractivity contribution < 1.29 is 18.4 Å². The van der Waals surface area contributed by atoms with Crippen LogP contribution in [0.25, 0.3) is 5.57 Å². The van der Waals surface area contributed by atoms with Crippen LogP contribution in [-0.2, 0) is 16.0 Å². The molecule has 0 saturated carbocycles. The van der Waals surface area contributed by atoms with Crippen molar-refractivity contribution in [3.63, 3.8) is 0 Å². The van der Waals surface area contributed by atoms with Gasteiger partial charge in [-0.2, -0.15) is 5.26 Å². The first-order chi connectivity index (χ1) is 13.7. The molecule has 2 aromatic rings. The molecule has 2 aromatic carbocycles. The summed E-state index contributed by atoms with van der Waals surface area (Å²) in [7, 11) is 1.47. The van der Waals surface area contributed by atoms with Crippen molar-refractivity contribution in [2.45, 2.75) is 25.8 Å². The van der Waals surface area contributed by atoms with E-state index in [1.807, 2.05) is 0 Å². The average molecular weight is 395 g/mol. The zero-order valence-electron chi connectivity index (χ0n) is 16.2. The summed E-state index contributed by atoms with van der Waals surface area (Å²) in [4.78, 5) is 27.3. The number of piperazine rings is 1. The third-order valence-electron chi connectivity index (χ3n) is 5.28. The van der Waals surface area contributed by atoms with E-state index in [4.69, 9.17) is 0 Å². The fraction of sp³-hybridized carbons (Fsp3) is 0.227. The third kappa shape index (κ3) is 3.61. The Kier molecular flexibility index (Phi) is 5.21. The standard InChI is InChI=1S/C22H19F2N3O2/c1-13(18-7-5-4-6-15(18)12-25)19-20(28)27(3)22(2,21(29)26-19)11-14-8-16(23)10-17(24)9-14/h4-10H,11H2,1-3H3,(H,26,29). The maximum atomic E-state index is 13.6. The number of rotatable bonds is 3. The number of halogens is 2. The second kappa shape index (κ2) is 7.47. The molecule has 29 heavy (non-hydrogen) atoms. The van der Waals surface area contributed by atoms with Crippen LogP contribution in [0.1, 0.15) is 30.5 Å². The number of nitrogens with zero attached hydrogens (tertiary/aromatic N) is 2. The Bertz CT molecular complexity index is 1070. The molecule has 0 spiro atoms. The summed E-state index contributed by atoms with van der Waals surface area (Å²) in [5.41, 5.74) is 0.386. The zero-order chi connectivity index (χ0) is 21.3. The average Bonchev–Trinajstić information content (AvgIpc) is 2.68. The topological polar surface area (TPSA) is 73.2 Å². The summed E-state index contributed by atoms with van der Waals surface area (Å²) in [6, 6.07) is 11.9. The SMILES string of the molecule is CC(=C1NC(=O)C(C)(Cc2cc(F)cc(F)c2)N(C)C1=O)c1ccccc1C#N. The van der Waals surface area contributed by atoms with Crippen LogP contribution in [0, 0.1) is 23.0 Å². The molecule has 3 rings (SSSR count). The van der Waals surface area contributed by atoms with E-state index in [2.05, 4.69) is 11.4 Å². The zero-order valence-corrected chi connectivity index (χ0v) is 16.2. The Balaban J connectivity index is 2.00. The van der Waals surface area contributed by atoms with E-state index in [1.54, 1.807) is 38.1 Å². The molecule has 1 aliphatic heterocycles. The van der Waals surface area contributed by atoms with E-state index >= 15 is 0 Å². The molecule has 1 saturated heterocycles. The normalized spacial score (nSPS) is 20.9. The number of nitriles is 1. The van der Waals surface area contributed by atoms with Crippen molar-refractivity contribution in [3.8, 4) is 6.07 Å². The number of amides is 2. The van der Waals surface area contributed by atoms with Gasteiger partial charge in [-0.05, 0) is 48.7 Å². The Morgan fingerprint density at radius 3 is 2.41 bits per heavy atom. The third-order valence-corrected chi connectivity index (χ3v) is 5.28. The monoisotopic (exact) mass is 395 g/mol. The van der Waals surface area contributed by atoms with E-state index in [1.165, 1.54) is 11.9 Å². The molecule has 7 heteroatoms. The first-order valence-electron chi connectivity index (χ1n) is 8.92. The van der Waals surface area contributed by atoms with Crippen LogP contribution in [0.15, 0.2) is 48.2 Å². The molecule has 1 heterocycles. The number of carbonyl (C=O) groups excluding carboxylic acids is 2. The van der Waals surface area contributed by atoms with Crippen molar-refractivity contribution in [2.24, 2.45) is 0 Å². The van der Waals surface area contributed by atoms with E-state index < -0.39 is 29.0 Å². The predicted octanol–water partition coefficient (Wildman–Crippen LogP) is 3.16. The van der Waals surface area contributed by atoms with Crippen LogP contribution in [0.3, 0.4) is 0 Å². The Hall–Kier alpha value is -3.53. The first kappa shape index (κ1) is 20.2. The molecule has 0 bridgehead atoms. The smallest absolute Gasteiger partial charge is 0.271 e. The number of likely N-dealkylation sites (N-methyl/N-ethyl adjacent to an activating group) is 1. The lowest BCUT2D eigenvalue weighted by Crippen LogP contribution is -2.64. The molecule has 0 aliphatic carbocycles. The number of benzene rings is 2. The van der Waals surface area contributed by atoms with E-state index in [-0.39, 0.29) is 17.7 Å². The van der Waals surface area contributed by atoms with E-state index in [0.717, 1.165) is 18.2 Å². The lowest BCUT2D eigenvalue weighted by Gasteiger charge is -2.42. The molecular weight excluding hydrogens is 376 g/mol. The van der Waals surface area contributed by atoms with Crippen LogP contribution >= 0.6 is 0 Å². The van der Waals surface area contributed by atoms with Gasteiger partial charge in [0.15, 0.2) is 0 Å². The van der Waals surface area contributed by atoms with Gasteiger partial charge < -0.3 is 10.2 Å². The van der Waals surface area contributed by atoms with Gasteiger partial charge in [0.2, 0.25) is 0 Å². The molecule has 1 unspecified atom stereocenters. The van der Waals surface area contributed by atoms with Crippen LogP contribution in [0.2, 0.25) is 0 Å². The van der Waals surface area contributed by atoms with E-state index in [0.29, 0.717) is 16.7 Å². The van der Waals surface area contributed by atoms with Gasteiger partial charge in [0.1, 0.15) is 22.9 Å². The second-order valence-electron chi connectivity index (χ2n) is 7.20. The summed E-state index contributed by atoms with van der Waals surface area (Å²) in [6.45, 7) is 3.19. The summed E-state index contributed by atoms with van der Waals surface area (Å²) in [5.74, 6) is -2.43. The van der Waals surface area contributed by atoms with Gasteiger partial charge in [-0.15, -0.1) is 0 Å². The molecular formula is C22H19F2N3O2. The maximum absolute atomic E-state index is 13.6. The first-order valence-corrected chi connectivity index (χ1v) is 8.92. The Labute approximate surface area is 167 Å². The summed E-state index contributed by atoms with van der Waals surface area (Å²) in [5, 5.41) is 11.9. The second-order valence-corrected chi connectivity index (χ2v) is 7.20. The van der Waals surface area contributed by atoms with Crippen LogP contribution in [0.4, 0.5) is 8.78 Å². The van der Waals surface area contributed by atoms with Crippen molar-refractivity contribution in [3.05, 3.63) is 76.5 Å². The lowest BCUT2D eigenvalue weighted by atomic mass is 9.87. The molecule has 1 fully saturated rings. The summed E-state index contributed by atoms with van der Waals surface area (Å²) >= 11 is 0. The highest BCUT2D eigenvalue weighted by molar-refractivity contribution is 6.10. The number of hydrogen-bond donors (Lipinski definition) is 1. The molecule has 0 aromatic heterocycles. The quantitative estimate of drug-likeness (QED) is 0.812. The largest absolute Gasteiger partial charge is 0.326 e. The van der Waals surface area contributed by atoms with Gasteiger partial charge in [0.05, 0.1) is 11.6 Å². The van der Waals surface area contributed by atoms with Gasteiger partial charge in [0.25, 0.3) is 11.8 Å². The Morgan fingerprint density at radius 1 is 1.17 bits per heavy atom. The maximum Gasteiger partial charge on any atom is 0.271 e. The van der Waals surface area contributed by atoms with E-state index in [9.17, 15) is 23.6 Å². The van der Waals surface area contributed by atoms with Crippen molar-refractivity contribution in [1.29, 1.82) is 5.26 Å². The van der Waals surface area contributed by atoms with Gasteiger partial charge in [-0.1, -0.05) is 18.2 Å². The van der Waals surface area contributed by atoms with Crippen LogP contribution in [0.5, 0.6) is 0 Å². The van der Waals surface area contributed by atoms with Crippen molar-refractivity contribution in [2.75, 3.05) is 7.05 Å². The lowest BCUT2D eigenvalue weighted by molar-refractivity contribution is -0.147. The highest BCUT2D eigenvalue weighted by Crippen LogP contribution is 2.30. The molecule has 1 atom stereocenters. The molecule has 148 valence electrons. The molecule has 1 N–H and O–H groups in total. The predicted molar refractivity (Wildman–Crippen MR) is 103 cm³/mol. The highest BCUT2D eigenvalue weighted by Gasteiger charge is 2.46. The molecule has 1 aliphatic rings. The molecule has 5 nitrogen and oxygen atoms in total. The highest BCUT2D eigenvalue weighted by atomic mass is 19.1. The van der Waals surface area contributed by atoms with Gasteiger partial charge >= 0.3 is 0 Å². The number of nitrogens with one attached hydrogen (secondary N) is 1. The molecule has 0 radical (unpaired) electrons. The van der Waals surface area contributed by atoms with Crippen LogP contribution in [-0.4, -0.2) is 29.3 Å². The summed E-state index contributed by atoms with van der Waals surface area (Å²) < 4.78 is 27.1. The summed E-state index contributed by atoms with van der Waals surface area (Å²) in [6.07, 6.45) is -0.0587. The van der Waals surface area contributed by atoms with Crippen molar-refractivity contribution >= 4 is 17.4 Å². The van der Waals surface area contributed by atoms with Crippen molar-refractivity contribution in [1.82, 2.24) is 10.2 Å². The molecule has 2 amide bonds.